The Bertz CT molecular complexity index is 1610. The Balaban J connectivity index is 1.34. The number of alkyl halides is 3. The molecule has 2 aliphatic heterocycles. The van der Waals surface area contributed by atoms with Crippen LogP contribution in [0.4, 0.5) is 30.6 Å². The van der Waals surface area contributed by atoms with Gasteiger partial charge in [-0.1, -0.05) is 53.6 Å². The summed E-state index contributed by atoms with van der Waals surface area (Å²) in [6, 6.07) is 17.6. The molecule has 210 valence electrons. The summed E-state index contributed by atoms with van der Waals surface area (Å²) in [7, 11) is 0. The molecule has 13 heteroatoms. The number of nitrogens with zero attached hydrogens (tertiary/aromatic N) is 5. The van der Waals surface area contributed by atoms with Crippen LogP contribution in [-0.4, -0.2) is 58.8 Å². The number of halogens is 3. The van der Waals surface area contributed by atoms with Crippen LogP contribution in [-0.2, 0) is 15.7 Å². The van der Waals surface area contributed by atoms with Crippen molar-refractivity contribution in [2.45, 2.75) is 25.4 Å². The minimum absolute atomic E-state index is 0.0823. The summed E-state index contributed by atoms with van der Waals surface area (Å²) >= 11 is 0. The fourth-order valence-corrected chi connectivity index (χ4v) is 4.73. The molecule has 0 aliphatic carbocycles. The normalized spacial score (nSPS) is 19.2. The van der Waals surface area contributed by atoms with Gasteiger partial charge >= 0.3 is 12.2 Å². The van der Waals surface area contributed by atoms with Crippen molar-refractivity contribution < 1.29 is 27.1 Å². The molecule has 2 aromatic carbocycles. The van der Waals surface area contributed by atoms with E-state index in [0.717, 1.165) is 23.4 Å². The Labute approximate surface area is 232 Å². The molecule has 6 rings (SSSR count). The summed E-state index contributed by atoms with van der Waals surface area (Å²) in [5.74, 6) is -0.571. The highest BCUT2D eigenvalue weighted by Crippen LogP contribution is 2.36. The number of benzene rings is 2. The van der Waals surface area contributed by atoms with Gasteiger partial charge in [-0.05, 0) is 19.1 Å². The maximum absolute atomic E-state index is 13.5. The van der Waals surface area contributed by atoms with Gasteiger partial charge in [0.25, 0.3) is 11.8 Å². The second-order valence-electron chi connectivity index (χ2n) is 9.55. The lowest BCUT2D eigenvalue weighted by molar-refractivity contribution is -0.137. The lowest BCUT2D eigenvalue weighted by Crippen LogP contribution is -2.41. The van der Waals surface area contributed by atoms with Crippen LogP contribution in [0.2, 0.25) is 0 Å². The number of carbonyl (C=O) groups is 1. The predicted molar refractivity (Wildman–Crippen MR) is 145 cm³/mol. The van der Waals surface area contributed by atoms with Gasteiger partial charge in [0.05, 0.1) is 35.4 Å². The van der Waals surface area contributed by atoms with E-state index in [4.69, 9.17) is 9.15 Å². The Kier molecular flexibility index (Phi) is 6.87. The molecular weight excluding hydrogens is 539 g/mol. The number of hydrogen-bond acceptors (Lipinski definition) is 9. The molecule has 41 heavy (non-hydrogen) atoms. The maximum atomic E-state index is 13.5. The van der Waals surface area contributed by atoms with Gasteiger partial charge < -0.3 is 24.7 Å². The third kappa shape index (κ3) is 5.48. The van der Waals surface area contributed by atoms with Crippen LogP contribution in [0, 0.1) is 0 Å². The second kappa shape index (κ2) is 10.7. The van der Waals surface area contributed by atoms with Crippen molar-refractivity contribution in [2.75, 3.05) is 35.2 Å². The minimum Gasteiger partial charge on any atom is -0.402 e. The maximum Gasteiger partial charge on any atom is 0.417 e. The number of rotatable bonds is 5. The lowest BCUT2D eigenvalue weighted by atomic mass is 10.0. The quantitative estimate of drug-likeness (QED) is 0.362. The second-order valence-corrected chi connectivity index (χ2v) is 9.55. The van der Waals surface area contributed by atoms with Crippen molar-refractivity contribution in [3.05, 3.63) is 83.6 Å². The molecule has 0 radical (unpaired) electrons. The largest absolute Gasteiger partial charge is 0.417 e. The zero-order chi connectivity index (χ0) is 28.6. The SMILES string of the molecule is C[C@H]1CN(c2cc(C(F)(F)F)cnc2-c2nnc(N[C@H]3N=C(c4ccccc4)c4ccccc4NC3=O)o2)CCO1. The van der Waals surface area contributed by atoms with Crippen molar-refractivity contribution in [3.8, 4) is 11.6 Å². The molecular formula is C28H24F3N7O3. The third-order valence-corrected chi connectivity index (χ3v) is 6.66. The molecule has 0 spiro atoms. The number of pyridine rings is 1. The lowest BCUT2D eigenvalue weighted by Gasteiger charge is -2.33. The number of aliphatic imine (C=N–C) groups is 1. The van der Waals surface area contributed by atoms with Gasteiger partial charge in [-0.2, -0.15) is 13.2 Å². The van der Waals surface area contributed by atoms with E-state index in [0.29, 0.717) is 31.1 Å². The molecule has 4 heterocycles. The number of ether oxygens (including phenoxy) is 1. The van der Waals surface area contributed by atoms with E-state index in [1.807, 2.05) is 55.5 Å². The van der Waals surface area contributed by atoms with E-state index in [2.05, 4.69) is 30.8 Å². The first kappa shape index (κ1) is 26.4. The molecule has 1 fully saturated rings. The number of nitrogens with one attached hydrogen (secondary N) is 2. The Morgan fingerprint density at radius 2 is 1.85 bits per heavy atom. The van der Waals surface area contributed by atoms with Crippen LogP contribution < -0.4 is 15.5 Å². The number of hydrogen-bond donors (Lipinski definition) is 2. The van der Waals surface area contributed by atoms with Crippen LogP contribution in [0.5, 0.6) is 0 Å². The highest BCUT2D eigenvalue weighted by atomic mass is 19.4. The van der Waals surface area contributed by atoms with Crippen molar-refractivity contribution in [2.24, 2.45) is 4.99 Å². The molecule has 0 unspecified atom stereocenters. The zero-order valence-electron chi connectivity index (χ0n) is 21.7. The van der Waals surface area contributed by atoms with Gasteiger partial charge in [0, 0.05) is 30.4 Å². The van der Waals surface area contributed by atoms with E-state index < -0.39 is 23.8 Å². The average molecular weight is 564 g/mol. The fraction of sp³-hybridized carbons (Fsp3) is 0.250. The first-order valence-corrected chi connectivity index (χ1v) is 12.8. The molecule has 1 amide bonds. The molecule has 4 aromatic rings. The van der Waals surface area contributed by atoms with Gasteiger partial charge in [0.15, 0.2) is 5.69 Å². The first-order valence-electron chi connectivity index (χ1n) is 12.8. The van der Waals surface area contributed by atoms with E-state index in [9.17, 15) is 18.0 Å². The summed E-state index contributed by atoms with van der Waals surface area (Å²) in [5, 5.41) is 13.7. The average Bonchev–Trinajstić information content (AvgIpc) is 3.38. The number of fused-ring (bicyclic) bond motifs is 1. The Morgan fingerprint density at radius 1 is 1.07 bits per heavy atom. The van der Waals surface area contributed by atoms with Crippen molar-refractivity contribution in [1.82, 2.24) is 15.2 Å². The number of anilines is 3. The molecule has 2 aliphatic rings. The molecule has 2 N–H and O–H groups in total. The van der Waals surface area contributed by atoms with E-state index in [1.165, 1.54) is 0 Å². The van der Waals surface area contributed by atoms with Crippen molar-refractivity contribution >= 4 is 29.0 Å². The van der Waals surface area contributed by atoms with Crippen LogP contribution in [0.25, 0.3) is 11.6 Å². The topological polar surface area (TPSA) is 118 Å². The van der Waals surface area contributed by atoms with E-state index in [-0.39, 0.29) is 29.4 Å². The van der Waals surface area contributed by atoms with Crippen LogP contribution in [0.1, 0.15) is 23.6 Å². The zero-order valence-corrected chi connectivity index (χ0v) is 21.7. The predicted octanol–water partition coefficient (Wildman–Crippen LogP) is 4.60. The minimum atomic E-state index is -4.58. The fourth-order valence-electron chi connectivity index (χ4n) is 4.73. The Hall–Kier alpha value is -4.78. The standard InChI is InChI=1S/C28H24F3N7O3/c1-16-15-38(11-12-40-16)21-13-18(28(29,30)31)14-32-23(21)26-36-37-27(41-26)35-24-25(39)33-20-10-6-5-9-19(20)22(34-24)17-7-3-2-4-8-17/h2-10,13-14,16,24H,11-12,15H2,1H3,(H,33,39)(H,35,37)/t16-,24+/m0/s1. The van der Waals surface area contributed by atoms with Crippen molar-refractivity contribution in [3.63, 3.8) is 0 Å². The van der Waals surface area contributed by atoms with E-state index in [1.54, 1.807) is 11.0 Å². The van der Waals surface area contributed by atoms with Crippen molar-refractivity contribution in [1.29, 1.82) is 0 Å². The van der Waals surface area contributed by atoms with Gasteiger partial charge in [-0.3, -0.25) is 4.79 Å². The number of benzodiazepines with no additional fused rings is 1. The Morgan fingerprint density at radius 3 is 2.63 bits per heavy atom. The highest BCUT2D eigenvalue weighted by molar-refractivity contribution is 6.19. The summed E-state index contributed by atoms with van der Waals surface area (Å²) in [4.78, 5) is 23.6. The van der Waals surface area contributed by atoms with Gasteiger partial charge in [0.2, 0.25) is 6.17 Å². The number of para-hydroxylation sites is 1. The molecule has 2 atom stereocenters. The number of morpholine rings is 1. The number of carbonyl (C=O) groups excluding carboxylic acids is 1. The molecule has 10 nitrogen and oxygen atoms in total. The smallest absolute Gasteiger partial charge is 0.402 e. The molecule has 0 saturated carbocycles. The molecule has 1 saturated heterocycles. The number of amides is 1. The summed E-state index contributed by atoms with van der Waals surface area (Å²) < 4.78 is 51.9. The molecule has 0 bridgehead atoms. The third-order valence-electron chi connectivity index (χ3n) is 6.66. The van der Waals surface area contributed by atoms with Crippen LogP contribution in [0.15, 0.2) is 76.3 Å². The summed E-state index contributed by atoms with van der Waals surface area (Å²) in [6.07, 6.45) is -5.20. The van der Waals surface area contributed by atoms with Gasteiger partial charge in [-0.25, -0.2) is 9.98 Å². The van der Waals surface area contributed by atoms with Crippen LogP contribution in [0.3, 0.4) is 0 Å². The first-order chi connectivity index (χ1) is 19.8. The number of aromatic nitrogens is 3. The summed E-state index contributed by atoms with van der Waals surface area (Å²) in [6.45, 7) is 2.89. The molecule has 2 aromatic heterocycles. The van der Waals surface area contributed by atoms with E-state index >= 15 is 0 Å². The van der Waals surface area contributed by atoms with Gasteiger partial charge in [-0.15, -0.1) is 5.10 Å². The highest BCUT2D eigenvalue weighted by Gasteiger charge is 2.34. The monoisotopic (exact) mass is 563 g/mol. The van der Waals surface area contributed by atoms with Crippen LogP contribution >= 0.6 is 0 Å². The summed E-state index contributed by atoms with van der Waals surface area (Å²) in [5.41, 5.74) is 2.08. The van der Waals surface area contributed by atoms with Gasteiger partial charge in [0.1, 0.15) is 0 Å².